The summed E-state index contributed by atoms with van der Waals surface area (Å²) in [4.78, 5) is 15.2. The fourth-order valence-corrected chi connectivity index (χ4v) is 4.11. The summed E-state index contributed by atoms with van der Waals surface area (Å²) < 4.78 is 10.6. The number of hydrogen-bond acceptors (Lipinski definition) is 4. The largest absolute Gasteiger partial charge is 0.497 e. The van der Waals surface area contributed by atoms with Crippen molar-refractivity contribution >= 4 is 28.9 Å². The van der Waals surface area contributed by atoms with Gasteiger partial charge in [0.2, 0.25) is 0 Å². The van der Waals surface area contributed by atoms with Gasteiger partial charge in [-0.25, -0.2) is 0 Å². The van der Waals surface area contributed by atoms with Crippen LogP contribution < -0.4 is 15.0 Å². The van der Waals surface area contributed by atoms with Gasteiger partial charge in [-0.3, -0.25) is 4.79 Å². The lowest BCUT2D eigenvalue weighted by Crippen LogP contribution is -2.36. The average molecular weight is 437 g/mol. The Balaban J connectivity index is 1.54. The predicted octanol–water partition coefficient (Wildman–Crippen LogP) is 5.41. The van der Waals surface area contributed by atoms with E-state index < -0.39 is 0 Å². The summed E-state index contributed by atoms with van der Waals surface area (Å²) in [5.74, 6) is 0.635. The number of nitrogens with zero attached hydrogens (tertiary/aromatic N) is 1. The zero-order valence-corrected chi connectivity index (χ0v) is 18.4. The van der Waals surface area contributed by atoms with Crippen LogP contribution >= 0.6 is 11.6 Å². The molecule has 1 N–H and O–H groups in total. The molecule has 5 nitrogen and oxygen atoms in total. The third kappa shape index (κ3) is 4.68. The Morgan fingerprint density at radius 3 is 2.48 bits per heavy atom. The van der Waals surface area contributed by atoms with Crippen LogP contribution in [-0.4, -0.2) is 39.3 Å². The highest BCUT2D eigenvalue weighted by Gasteiger charge is 2.16. The second-order valence-electron chi connectivity index (χ2n) is 7.43. The molecule has 1 fully saturated rings. The molecular weight excluding hydrogens is 412 g/mol. The quantitative estimate of drug-likeness (QED) is 0.580. The van der Waals surface area contributed by atoms with Gasteiger partial charge >= 0.3 is 0 Å². The van der Waals surface area contributed by atoms with Crippen molar-refractivity contribution in [2.24, 2.45) is 0 Å². The number of carbonyl (C=O) groups excluding carboxylic acids is 1. The molecule has 4 rings (SSSR count). The highest BCUT2D eigenvalue weighted by molar-refractivity contribution is 6.33. The van der Waals surface area contributed by atoms with E-state index in [1.54, 1.807) is 13.2 Å². The highest BCUT2D eigenvalue weighted by atomic mass is 35.5. The Hall–Kier alpha value is -3.02. The van der Waals surface area contributed by atoms with Crippen LogP contribution in [0.3, 0.4) is 0 Å². The van der Waals surface area contributed by atoms with Crippen molar-refractivity contribution in [2.45, 2.75) is 6.92 Å². The van der Waals surface area contributed by atoms with Crippen molar-refractivity contribution in [3.05, 3.63) is 76.8 Å². The van der Waals surface area contributed by atoms with Crippen LogP contribution in [0.25, 0.3) is 11.1 Å². The minimum Gasteiger partial charge on any atom is -0.497 e. The first-order chi connectivity index (χ1) is 15.1. The molecule has 0 atom stereocenters. The van der Waals surface area contributed by atoms with Crippen molar-refractivity contribution in [1.29, 1.82) is 0 Å². The van der Waals surface area contributed by atoms with Gasteiger partial charge in [0.1, 0.15) is 5.75 Å². The fourth-order valence-electron chi connectivity index (χ4n) is 3.81. The van der Waals surface area contributed by atoms with Gasteiger partial charge in [0, 0.05) is 24.3 Å². The molecule has 0 saturated carbocycles. The molecule has 1 heterocycles. The Labute approximate surface area is 187 Å². The number of nitrogens with one attached hydrogen (secondary N) is 1. The standard InChI is InChI=1S/C25H25ClN2O3/c1-17-21(18-6-9-20(30-2)10-7-18)4-3-5-22(17)25(29)27-19-8-11-24(23(26)16-19)28-12-14-31-15-13-28/h3-11,16H,12-15H2,1-2H3,(H,27,29). The molecule has 0 aliphatic carbocycles. The summed E-state index contributed by atoms with van der Waals surface area (Å²) in [6, 6.07) is 19.2. The van der Waals surface area contributed by atoms with Crippen LogP contribution in [0.5, 0.6) is 5.75 Å². The molecule has 3 aromatic carbocycles. The molecule has 3 aromatic rings. The first-order valence-electron chi connectivity index (χ1n) is 10.2. The minimum atomic E-state index is -0.164. The van der Waals surface area contributed by atoms with Crippen LogP contribution in [0.4, 0.5) is 11.4 Å². The third-order valence-corrected chi connectivity index (χ3v) is 5.84. The van der Waals surface area contributed by atoms with Gasteiger partial charge in [-0.05, 0) is 60.0 Å². The summed E-state index contributed by atoms with van der Waals surface area (Å²) in [6.45, 7) is 4.96. The zero-order chi connectivity index (χ0) is 21.8. The second kappa shape index (κ2) is 9.41. The molecule has 31 heavy (non-hydrogen) atoms. The smallest absolute Gasteiger partial charge is 0.255 e. The maximum atomic E-state index is 13.0. The van der Waals surface area contributed by atoms with Crippen LogP contribution in [0.1, 0.15) is 15.9 Å². The van der Waals surface area contributed by atoms with E-state index in [9.17, 15) is 4.79 Å². The maximum Gasteiger partial charge on any atom is 0.255 e. The van der Waals surface area contributed by atoms with E-state index >= 15 is 0 Å². The molecule has 1 amide bonds. The Kier molecular flexibility index (Phi) is 6.44. The number of benzene rings is 3. The normalized spacial score (nSPS) is 13.7. The number of hydrogen-bond donors (Lipinski definition) is 1. The van der Waals surface area contributed by atoms with Gasteiger partial charge in [-0.1, -0.05) is 35.9 Å². The number of carbonyl (C=O) groups is 1. The molecule has 6 heteroatoms. The highest BCUT2D eigenvalue weighted by Crippen LogP contribution is 2.31. The van der Waals surface area contributed by atoms with Gasteiger partial charge in [-0.2, -0.15) is 0 Å². The van der Waals surface area contributed by atoms with E-state index in [0.29, 0.717) is 29.5 Å². The lowest BCUT2D eigenvalue weighted by Gasteiger charge is -2.29. The monoisotopic (exact) mass is 436 g/mol. The second-order valence-corrected chi connectivity index (χ2v) is 7.83. The molecule has 0 unspecified atom stereocenters. The number of ether oxygens (including phenoxy) is 2. The van der Waals surface area contributed by atoms with Gasteiger partial charge < -0.3 is 19.7 Å². The molecule has 0 aromatic heterocycles. The SMILES string of the molecule is COc1ccc(-c2cccc(C(=O)Nc3ccc(N4CCOCC4)c(Cl)c3)c2C)cc1. The lowest BCUT2D eigenvalue weighted by molar-refractivity contribution is 0.102. The first kappa shape index (κ1) is 21.2. The molecule has 160 valence electrons. The maximum absolute atomic E-state index is 13.0. The number of morpholine rings is 1. The molecule has 0 radical (unpaired) electrons. The number of anilines is 2. The van der Waals surface area contributed by atoms with Gasteiger partial charge in [0.15, 0.2) is 0 Å². The third-order valence-electron chi connectivity index (χ3n) is 5.54. The van der Waals surface area contributed by atoms with Crippen LogP contribution in [0, 0.1) is 6.92 Å². The Morgan fingerprint density at radius 2 is 1.81 bits per heavy atom. The van der Waals surface area contributed by atoms with E-state index in [2.05, 4.69) is 10.2 Å². The van der Waals surface area contributed by atoms with E-state index in [1.165, 1.54) is 0 Å². The molecule has 1 saturated heterocycles. The number of methoxy groups -OCH3 is 1. The van der Waals surface area contributed by atoms with E-state index in [4.69, 9.17) is 21.1 Å². The lowest BCUT2D eigenvalue weighted by atomic mass is 9.96. The van der Waals surface area contributed by atoms with E-state index in [1.807, 2.05) is 61.5 Å². The van der Waals surface area contributed by atoms with Crippen molar-refractivity contribution in [2.75, 3.05) is 43.6 Å². The summed E-state index contributed by atoms with van der Waals surface area (Å²) in [6.07, 6.45) is 0. The number of amides is 1. The Morgan fingerprint density at radius 1 is 1.06 bits per heavy atom. The van der Waals surface area contributed by atoms with Crippen LogP contribution in [-0.2, 0) is 4.74 Å². The minimum absolute atomic E-state index is 0.164. The molecule has 1 aliphatic heterocycles. The summed E-state index contributed by atoms with van der Waals surface area (Å²) in [7, 11) is 1.64. The molecule has 1 aliphatic rings. The van der Waals surface area contributed by atoms with Crippen LogP contribution in [0.2, 0.25) is 5.02 Å². The zero-order valence-electron chi connectivity index (χ0n) is 17.7. The van der Waals surface area contributed by atoms with E-state index in [-0.39, 0.29) is 5.91 Å². The van der Waals surface area contributed by atoms with Crippen molar-refractivity contribution in [3.8, 4) is 16.9 Å². The average Bonchev–Trinajstić information content (AvgIpc) is 2.80. The fraction of sp³-hybridized carbons (Fsp3) is 0.240. The molecule has 0 bridgehead atoms. The topological polar surface area (TPSA) is 50.8 Å². The number of rotatable bonds is 5. The van der Waals surface area contributed by atoms with Crippen molar-refractivity contribution in [3.63, 3.8) is 0 Å². The van der Waals surface area contributed by atoms with Gasteiger partial charge in [-0.15, -0.1) is 0 Å². The van der Waals surface area contributed by atoms with Crippen LogP contribution in [0.15, 0.2) is 60.7 Å². The van der Waals surface area contributed by atoms with Gasteiger partial charge in [0.25, 0.3) is 5.91 Å². The first-order valence-corrected chi connectivity index (χ1v) is 10.6. The van der Waals surface area contributed by atoms with E-state index in [0.717, 1.165) is 41.2 Å². The summed E-state index contributed by atoms with van der Waals surface area (Å²) in [5.41, 5.74) is 5.21. The number of halogens is 1. The van der Waals surface area contributed by atoms with Gasteiger partial charge in [0.05, 0.1) is 31.0 Å². The summed E-state index contributed by atoms with van der Waals surface area (Å²) >= 11 is 6.51. The van der Waals surface area contributed by atoms with Crippen molar-refractivity contribution in [1.82, 2.24) is 0 Å². The predicted molar refractivity (Wildman–Crippen MR) is 126 cm³/mol. The summed E-state index contributed by atoms with van der Waals surface area (Å²) in [5, 5.41) is 3.59. The molecular formula is C25H25ClN2O3. The Bertz CT molecular complexity index is 1080. The molecule has 0 spiro atoms. The van der Waals surface area contributed by atoms with Crippen molar-refractivity contribution < 1.29 is 14.3 Å².